The zero-order valence-electron chi connectivity index (χ0n) is 9.70. The standard InChI is InChI=1S/C14H9F3N2/c15-14(16,17)12-3-1-2-4-13(12)19-11-7-5-10(9-18)6-8-11/h1-8,19H. The van der Waals surface area contributed by atoms with Crippen molar-refractivity contribution in [1.29, 1.82) is 5.26 Å². The highest BCUT2D eigenvalue weighted by Crippen LogP contribution is 2.35. The van der Waals surface area contributed by atoms with Crippen LogP contribution >= 0.6 is 0 Å². The first-order chi connectivity index (χ1) is 9.00. The van der Waals surface area contributed by atoms with Gasteiger partial charge in [-0.25, -0.2) is 0 Å². The van der Waals surface area contributed by atoms with E-state index in [4.69, 9.17) is 5.26 Å². The van der Waals surface area contributed by atoms with Crippen LogP contribution in [0.4, 0.5) is 24.5 Å². The molecule has 0 saturated carbocycles. The molecule has 2 aromatic rings. The summed E-state index contributed by atoms with van der Waals surface area (Å²) in [5.74, 6) is 0. The second-order valence-electron chi connectivity index (χ2n) is 3.86. The van der Waals surface area contributed by atoms with Crippen molar-refractivity contribution in [1.82, 2.24) is 0 Å². The lowest BCUT2D eigenvalue weighted by molar-refractivity contribution is -0.136. The first-order valence-corrected chi connectivity index (χ1v) is 5.44. The molecular weight excluding hydrogens is 253 g/mol. The molecule has 0 unspecified atom stereocenters. The lowest BCUT2D eigenvalue weighted by Crippen LogP contribution is -2.08. The molecular formula is C14H9F3N2. The Morgan fingerprint density at radius 2 is 1.58 bits per heavy atom. The maximum absolute atomic E-state index is 12.8. The third kappa shape index (κ3) is 3.05. The van der Waals surface area contributed by atoms with Gasteiger partial charge < -0.3 is 5.32 Å². The predicted molar refractivity (Wildman–Crippen MR) is 65.9 cm³/mol. The Hall–Kier alpha value is -2.48. The van der Waals surface area contributed by atoms with Crippen molar-refractivity contribution in [3.8, 4) is 6.07 Å². The molecule has 0 aliphatic heterocycles. The largest absolute Gasteiger partial charge is 0.418 e. The quantitative estimate of drug-likeness (QED) is 0.874. The molecule has 0 amide bonds. The summed E-state index contributed by atoms with van der Waals surface area (Å²) < 4.78 is 38.4. The molecule has 2 nitrogen and oxygen atoms in total. The van der Waals surface area contributed by atoms with Gasteiger partial charge in [0.2, 0.25) is 0 Å². The molecule has 5 heteroatoms. The zero-order valence-corrected chi connectivity index (χ0v) is 9.70. The summed E-state index contributed by atoms with van der Waals surface area (Å²) in [5.41, 5.74) is 0.212. The number of alkyl halides is 3. The molecule has 19 heavy (non-hydrogen) atoms. The van der Waals surface area contributed by atoms with Crippen LogP contribution in [0.1, 0.15) is 11.1 Å². The molecule has 0 atom stereocenters. The summed E-state index contributed by atoms with van der Waals surface area (Å²) in [4.78, 5) is 0. The Labute approximate surface area is 108 Å². The monoisotopic (exact) mass is 262 g/mol. The van der Waals surface area contributed by atoms with Crippen LogP contribution in [-0.4, -0.2) is 0 Å². The van der Waals surface area contributed by atoms with Crippen molar-refractivity contribution in [2.24, 2.45) is 0 Å². The maximum Gasteiger partial charge on any atom is 0.418 e. The third-order valence-electron chi connectivity index (χ3n) is 2.53. The van der Waals surface area contributed by atoms with E-state index in [1.807, 2.05) is 6.07 Å². The number of halogens is 3. The summed E-state index contributed by atoms with van der Waals surface area (Å²) in [6.07, 6.45) is -4.41. The van der Waals surface area contributed by atoms with E-state index in [0.29, 0.717) is 11.3 Å². The minimum atomic E-state index is -4.41. The highest BCUT2D eigenvalue weighted by atomic mass is 19.4. The smallest absolute Gasteiger partial charge is 0.355 e. The Kier molecular flexibility index (Phi) is 3.43. The van der Waals surface area contributed by atoms with Crippen LogP contribution in [0.3, 0.4) is 0 Å². The predicted octanol–water partition coefficient (Wildman–Crippen LogP) is 4.32. The van der Waals surface area contributed by atoms with Crippen LogP contribution in [0.5, 0.6) is 0 Å². The first kappa shape index (κ1) is 13.0. The number of hydrogen-bond acceptors (Lipinski definition) is 2. The topological polar surface area (TPSA) is 35.8 Å². The van der Waals surface area contributed by atoms with Gasteiger partial charge >= 0.3 is 6.18 Å². The number of para-hydroxylation sites is 1. The molecule has 2 rings (SSSR count). The Morgan fingerprint density at radius 1 is 0.947 bits per heavy atom. The number of nitriles is 1. The average molecular weight is 262 g/mol. The summed E-state index contributed by atoms with van der Waals surface area (Å²) in [6, 6.07) is 13.4. The van der Waals surface area contributed by atoms with E-state index in [1.54, 1.807) is 24.3 Å². The average Bonchev–Trinajstić information content (AvgIpc) is 2.39. The number of hydrogen-bond donors (Lipinski definition) is 1. The van der Waals surface area contributed by atoms with E-state index in [2.05, 4.69) is 5.32 Å². The fourth-order valence-corrected chi connectivity index (χ4v) is 1.62. The third-order valence-corrected chi connectivity index (χ3v) is 2.53. The van der Waals surface area contributed by atoms with Gasteiger partial charge in [0.25, 0.3) is 0 Å². The Bertz CT molecular complexity index is 610. The van der Waals surface area contributed by atoms with Crippen molar-refractivity contribution in [3.63, 3.8) is 0 Å². The number of nitrogens with one attached hydrogen (secondary N) is 1. The molecule has 0 heterocycles. The van der Waals surface area contributed by atoms with Gasteiger partial charge in [0.15, 0.2) is 0 Å². The van der Waals surface area contributed by atoms with Crippen molar-refractivity contribution in [3.05, 3.63) is 59.7 Å². The minimum absolute atomic E-state index is 0.0142. The van der Waals surface area contributed by atoms with Gasteiger partial charge in [-0.15, -0.1) is 0 Å². The van der Waals surface area contributed by atoms with Crippen molar-refractivity contribution in [2.45, 2.75) is 6.18 Å². The number of rotatable bonds is 2. The molecule has 0 radical (unpaired) electrons. The van der Waals surface area contributed by atoms with Gasteiger partial charge in [-0.3, -0.25) is 0 Å². The Balaban J connectivity index is 2.31. The van der Waals surface area contributed by atoms with Crippen molar-refractivity contribution < 1.29 is 13.2 Å². The SMILES string of the molecule is N#Cc1ccc(Nc2ccccc2C(F)(F)F)cc1. The van der Waals surface area contributed by atoms with Gasteiger partial charge in [0, 0.05) is 5.69 Å². The van der Waals surface area contributed by atoms with Crippen molar-refractivity contribution in [2.75, 3.05) is 5.32 Å². The fourth-order valence-electron chi connectivity index (χ4n) is 1.62. The first-order valence-electron chi connectivity index (χ1n) is 5.44. The lowest BCUT2D eigenvalue weighted by Gasteiger charge is -2.14. The van der Waals surface area contributed by atoms with E-state index in [0.717, 1.165) is 6.07 Å². The summed E-state index contributed by atoms with van der Waals surface area (Å²) in [7, 11) is 0. The second kappa shape index (κ2) is 5.02. The molecule has 96 valence electrons. The van der Waals surface area contributed by atoms with E-state index < -0.39 is 11.7 Å². The molecule has 0 aliphatic rings. The molecule has 0 bridgehead atoms. The second-order valence-corrected chi connectivity index (χ2v) is 3.86. The zero-order chi connectivity index (χ0) is 13.9. The van der Waals surface area contributed by atoms with E-state index in [-0.39, 0.29) is 5.69 Å². The van der Waals surface area contributed by atoms with Crippen LogP contribution < -0.4 is 5.32 Å². The van der Waals surface area contributed by atoms with E-state index >= 15 is 0 Å². The van der Waals surface area contributed by atoms with Crippen LogP contribution in [0, 0.1) is 11.3 Å². The number of anilines is 2. The summed E-state index contributed by atoms with van der Waals surface area (Å²) in [6.45, 7) is 0. The highest BCUT2D eigenvalue weighted by molar-refractivity contribution is 5.64. The molecule has 1 N–H and O–H groups in total. The lowest BCUT2D eigenvalue weighted by atomic mass is 10.1. The molecule has 0 aromatic heterocycles. The van der Waals surface area contributed by atoms with Gasteiger partial charge in [-0.05, 0) is 36.4 Å². The fraction of sp³-hybridized carbons (Fsp3) is 0.0714. The molecule has 0 aliphatic carbocycles. The van der Waals surface area contributed by atoms with Crippen molar-refractivity contribution >= 4 is 11.4 Å². The Morgan fingerprint density at radius 3 is 2.16 bits per heavy atom. The maximum atomic E-state index is 12.8. The van der Waals surface area contributed by atoms with Gasteiger partial charge in [-0.1, -0.05) is 12.1 Å². The van der Waals surface area contributed by atoms with Crippen LogP contribution in [0.25, 0.3) is 0 Å². The van der Waals surface area contributed by atoms with Crippen LogP contribution in [-0.2, 0) is 6.18 Å². The number of nitrogens with zero attached hydrogens (tertiary/aromatic N) is 1. The normalized spacial score (nSPS) is 10.8. The summed E-state index contributed by atoms with van der Waals surface area (Å²) in [5, 5.41) is 11.4. The van der Waals surface area contributed by atoms with Crippen LogP contribution in [0.15, 0.2) is 48.5 Å². The van der Waals surface area contributed by atoms with E-state index in [9.17, 15) is 13.2 Å². The molecule has 0 spiro atoms. The highest BCUT2D eigenvalue weighted by Gasteiger charge is 2.33. The van der Waals surface area contributed by atoms with Gasteiger partial charge in [0.05, 0.1) is 22.9 Å². The molecule has 2 aromatic carbocycles. The van der Waals surface area contributed by atoms with Gasteiger partial charge in [-0.2, -0.15) is 18.4 Å². The minimum Gasteiger partial charge on any atom is -0.355 e. The van der Waals surface area contributed by atoms with Gasteiger partial charge in [0.1, 0.15) is 0 Å². The van der Waals surface area contributed by atoms with Crippen LogP contribution in [0.2, 0.25) is 0 Å². The van der Waals surface area contributed by atoms with E-state index in [1.165, 1.54) is 18.2 Å². The number of benzene rings is 2. The molecule has 0 fully saturated rings. The molecule has 0 saturated heterocycles. The summed E-state index contributed by atoms with van der Waals surface area (Å²) >= 11 is 0.